The highest BCUT2D eigenvalue weighted by molar-refractivity contribution is 8.00. The minimum absolute atomic E-state index is 0.0519. The van der Waals surface area contributed by atoms with Crippen molar-refractivity contribution in [2.75, 3.05) is 13.7 Å². The third-order valence-electron chi connectivity index (χ3n) is 4.79. The summed E-state index contributed by atoms with van der Waals surface area (Å²) in [5.74, 6) is 1.35. The molecule has 1 aliphatic rings. The Morgan fingerprint density at radius 3 is 2.76 bits per heavy atom. The number of hydrogen-bond donors (Lipinski definition) is 1. The average Bonchev–Trinajstić information content (AvgIpc) is 3.05. The Morgan fingerprint density at radius 1 is 1.17 bits per heavy atom. The van der Waals surface area contributed by atoms with Crippen LogP contribution in [0.4, 0.5) is 0 Å². The summed E-state index contributed by atoms with van der Waals surface area (Å²) in [7, 11) is 1.58. The van der Waals surface area contributed by atoms with E-state index in [1.54, 1.807) is 7.11 Å². The lowest BCUT2D eigenvalue weighted by Crippen LogP contribution is -2.30. The second kappa shape index (κ2) is 8.88. The van der Waals surface area contributed by atoms with Crippen LogP contribution in [-0.4, -0.2) is 39.6 Å². The van der Waals surface area contributed by atoms with E-state index < -0.39 is 0 Å². The molecule has 1 N–H and O–H groups in total. The maximum absolute atomic E-state index is 12.5. The maximum Gasteiger partial charge on any atom is 0.233 e. The molecule has 6 nitrogen and oxygen atoms in total. The van der Waals surface area contributed by atoms with Crippen molar-refractivity contribution in [3.8, 4) is 22.8 Å². The second-order valence-corrected chi connectivity index (χ2v) is 8.30. The lowest BCUT2D eigenvalue weighted by Gasteiger charge is -2.15. The molecule has 0 saturated carbocycles. The average molecular weight is 429 g/mol. The summed E-state index contributed by atoms with van der Waals surface area (Å²) < 4.78 is 7.23. The lowest BCUT2D eigenvalue weighted by molar-refractivity contribution is -0.120. The van der Waals surface area contributed by atoms with E-state index in [0.717, 1.165) is 37.1 Å². The van der Waals surface area contributed by atoms with Gasteiger partial charge in [0.15, 0.2) is 11.0 Å². The number of rotatable bonds is 5. The van der Waals surface area contributed by atoms with Crippen molar-refractivity contribution in [3.05, 3.63) is 53.6 Å². The molecule has 0 bridgehead atoms. The van der Waals surface area contributed by atoms with E-state index in [0.29, 0.717) is 21.8 Å². The van der Waals surface area contributed by atoms with E-state index in [9.17, 15) is 4.79 Å². The van der Waals surface area contributed by atoms with E-state index in [2.05, 4.69) is 15.5 Å². The van der Waals surface area contributed by atoms with Crippen molar-refractivity contribution in [1.82, 2.24) is 20.1 Å². The van der Waals surface area contributed by atoms with Gasteiger partial charge in [-0.25, -0.2) is 0 Å². The molecule has 0 radical (unpaired) electrons. The number of carbonyl (C=O) groups excluding carboxylic acids is 1. The molecule has 1 saturated heterocycles. The van der Waals surface area contributed by atoms with Crippen molar-refractivity contribution < 1.29 is 9.53 Å². The number of halogens is 1. The van der Waals surface area contributed by atoms with Gasteiger partial charge >= 0.3 is 0 Å². The minimum atomic E-state index is -0.196. The quantitative estimate of drug-likeness (QED) is 0.654. The van der Waals surface area contributed by atoms with E-state index in [4.69, 9.17) is 16.3 Å². The highest BCUT2D eigenvalue weighted by atomic mass is 35.5. The van der Waals surface area contributed by atoms with Crippen molar-refractivity contribution in [1.29, 1.82) is 0 Å². The maximum atomic E-state index is 12.5. The molecule has 0 aliphatic carbocycles. The smallest absolute Gasteiger partial charge is 0.233 e. The van der Waals surface area contributed by atoms with Crippen molar-refractivity contribution in [2.24, 2.45) is 0 Å². The van der Waals surface area contributed by atoms with Crippen LogP contribution >= 0.6 is 23.4 Å². The van der Waals surface area contributed by atoms with Crippen molar-refractivity contribution in [2.45, 2.75) is 29.7 Å². The number of ether oxygens (including phenoxy) is 1. The molecule has 3 aromatic rings. The molecule has 1 aromatic heterocycles. The molecule has 0 unspecified atom stereocenters. The Morgan fingerprint density at radius 2 is 2.00 bits per heavy atom. The first-order valence-corrected chi connectivity index (χ1v) is 10.7. The Balaban J connectivity index is 1.78. The molecule has 4 rings (SSSR count). The molecular weight excluding hydrogens is 408 g/mol. The fourth-order valence-corrected chi connectivity index (χ4v) is 4.67. The Labute approximate surface area is 178 Å². The summed E-state index contributed by atoms with van der Waals surface area (Å²) in [5.41, 5.74) is 1.75. The van der Waals surface area contributed by atoms with Crippen LogP contribution in [-0.2, 0) is 4.79 Å². The Kier molecular flexibility index (Phi) is 6.06. The number of methoxy groups -OCH3 is 1. The fourth-order valence-electron chi connectivity index (χ4n) is 3.30. The number of thioether (sulfide) groups is 1. The van der Waals surface area contributed by atoms with Gasteiger partial charge in [0.05, 0.1) is 23.1 Å². The van der Waals surface area contributed by atoms with Crippen LogP contribution in [0.25, 0.3) is 17.1 Å². The predicted molar refractivity (Wildman–Crippen MR) is 115 cm³/mol. The lowest BCUT2D eigenvalue weighted by atomic mass is 10.2. The molecule has 1 atom stereocenters. The Bertz CT molecular complexity index is 1010. The zero-order valence-corrected chi connectivity index (χ0v) is 17.5. The van der Waals surface area contributed by atoms with Gasteiger partial charge in [-0.3, -0.25) is 9.36 Å². The molecule has 0 spiro atoms. The summed E-state index contributed by atoms with van der Waals surface area (Å²) in [4.78, 5) is 12.5. The van der Waals surface area contributed by atoms with Crippen LogP contribution in [0.3, 0.4) is 0 Å². The summed E-state index contributed by atoms with van der Waals surface area (Å²) in [6.07, 6.45) is 2.82. The van der Waals surface area contributed by atoms with Crippen LogP contribution in [0.1, 0.15) is 19.3 Å². The van der Waals surface area contributed by atoms with Gasteiger partial charge < -0.3 is 10.1 Å². The van der Waals surface area contributed by atoms with Crippen LogP contribution < -0.4 is 10.1 Å². The van der Waals surface area contributed by atoms with Gasteiger partial charge in [0.25, 0.3) is 0 Å². The number of hydrogen-bond acceptors (Lipinski definition) is 5. The van der Waals surface area contributed by atoms with Crippen molar-refractivity contribution in [3.63, 3.8) is 0 Å². The third kappa shape index (κ3) is 4.26. The first-order chi connectivity index (χ1) is 14.2. The van der Waals surface area contributed by atoms with Gasteiger partial charge in [0.1, 0.15) is 5.75 Å². The van der Waals surface area contributed by atoms with Gasteiger partial charge in [-0.05, 0) is 31.0 Å². The highest BCUT2D eigenvalue weighted by Crippen LogP contribution is 2.34. The van der Waals surface area contributed by atoms with Crippen LogP contribution in [0, 0.1) is 0 Å². The molecule has 2 heterocycles. The molecule has 150 valence electrons. The zero-order valence-electron chi connectivity index (χ0n) is 16.0. The Hall–Kier alpha value is -2.51. The molecular formula is C21H21ClN4O2S. The number of nitrogens with zero attached hydrogens (tertiary/aromatic N) is 3. The minimum Gasteiger partial charge on any atom is -0.495 e. The van der Waals surface area contributed by atoms with Crippen LogP contribution in [0.5, 0.6) is 5.75 Å². The van der Waals surface area contributed by atoms with Gasteiger partial charge in [0.2, 0.25) is 5.91 Å². The molecule has 1 aliphatic heterocycles. The van der Waals surface area contributed by atoms with Gasteiger partial charge in [0, 0.05) is 12.1 Å². The molecule has 29 heavy (non-hydrogen) atoms. The van der Waals surface area contributed by atoms with Crippen LogP contribution in [0.15, 0.2) is 53.7 Å². The zero-order chi connectivity index (χ0) is 20.2. The van der Waals surface area contributed by atoms with E-state index in [1.165, 1.54) is 11.8 Å². The largest absolute Gasteiger partial charge is 0.495 e. The van der Waals surface area contributed by atoms with E-state index >= 15 is 0 Å². The number of amides is 1. The summed E-state index contributed by atoms with van der Waals surface area (Å²) in [5, 5.41) is 12.8. The number of aromatic nitrogens is 3. The predicted octanol–water partition coefficient (Wildman–Crippen LogP) is 4.36. The summed E-state index contributed by atoms with van der Waals surface area (Å²) in [6.45, 7) is 0.728. The third-order valence-corrected chi connectivity index (χ3v) is 6.30. The van der Waals surface area contributed by atoms with Gasteiger partial charge in [-0.1, -0.05) is 60.1 Å². The topological polar surface area (TPSA) is 69.0 Å². The molecule has 1 amide bonds. The van der Waals surface area contributed by atoms with E-state index in [-0.39, 0.29) is 11.2 Å². The van der Waals surface area contributed by atoms with Crippen molar-refractivity contribution >= 4 is 29.3 Å². The van der Waals surface area contributed by atoms with Gasteiger partial charge in [-0.15, -0.1) is 10.2 Å². The summed E-state index contributed by atoms with van der Waals surface area (Å²) >= 11 is 7.83. The molecule has 2 aromatic carbocycles. The highest BCUT2D eigenvalue weighted by Gasteiger charge is 2.26. The summed E-state index contributed by atoms with van der Waals surface area (Å²) in [6, 6.07) is 15.4. The monoisotopic (exact) mass is 428 g/mol. The van der Waals surface area contributed by atoms with Gasteiger partial charge in [-0.2, -0.15) is 0 Å². The fraction of sp³-hybridized carbons (Fsp3) is 0.286. The number of benzene rings is 2. The first kappa shape index (κ1) is 19.8. The number of nitrogens with one attached hydrogen (secondary N) is 1. The molecule has 1 fully saturated rings. The second-order valence-electron chi connectivity index (χ2n) is 6.72. The normalized spacial score (nSPS) is 16.9. The van der Waals surface area contributed by atoms with Crippen LogP contribution in [0.2, 0.25) is 5.02 Å². The first-order valence-electron chi connectivity index (χ1n) is 9.46. The molecule has 8 heteroatoms. The van der Waals surface area contributed by atoms with E-state index in [1.807, 2.05) is 53.1 Å². The standard InChI is InChI=1S/C21H21ClN4O2S/c1-28-17-11-10-15(13-16(17)22)26-19(14-7-3-2-4-8-14)24-25-21(26)29-18-9-5-6-12-23-20(18)27/h2-4,7-8,10-11,13,18H,5-6,9,12H2,1H3,(H,23,27)/t18-/m0/s1. The SMILES string of the molecule is COc1ccc(-n2c(S[C@H]3CCCCNC3=O)nnc2-c2ccccc2)cc1Cl. The number of carbonyl (C=O) groups is 1.